The Bertz CT molecular complexity index is 365. The van der Waals surface area contributed by atoms with Crippen molar-refractivity contribution in [3.05, 3.63) is 15.6 Å². The molecule has 0 atom stereocenters. The highest BCUT2D eigenvalue weighted by atomic mass is 32.1. The third-order valence-electron chi connectivity index (χ3n) is 4.03. The second-order valence-corrected chi connectivity index (χ2v) is 6.63. The second kappa shape index (κ2) is 6.67. The Balaban J connectivity index is 2.06. The lowest BCUT2D eigenvalue weighted by Gasteiger charge is -2.24. The number of aromatic nitrogens is 1. The highest BCUT2D eigenvalue weighted by Gasteiger charge is 2.23. The van der Waals surface area contributed by atoms with Gasteiger partial charge in [0.2, 0.25) is 0 Å². The molecule has 1 saturated carbocycles. The molecule has 0 aromatic carbocycles. The molecule has 102 valence electrons. The summed E-state index contributed by atoms with van der Waals surface area (Å²) in [6.07, 6.45) is 6.53. The van der Waals surface area contributed by atoms with E-state index in [1.54, 1.807) is 0 Å². The molecule has 1 aliphatic carbocycles. The van der Waals surface area contributed by atoms with Gasteiger partial charge in [-0.2, -0.15) is 0 Å². The van der Waals surface area contributed by atoms with Crippen LogP contribution in [0.5, 0.6) is 0 Å². The zero-order valence-electron chi connectivity index (χ0n) is 12.0. The van der Waals surface area contributed by atoms with Gasteiger partial charge in [-0.3, -0.25) is 0 Å². The van der Waals surface area contributed by atoms with Crippen LogP contribution >= 0.6 is 11.3 Å². The Morgan fingerprint density at radius 3 is 2.56 bits per heavy atom. The van der Waals surface area contributed by atoms with Crippen molar-refractivity contribution >= 4 is 11.3 Å². The molecule has 1 aromatic rings. The molecule has 1 aliphatic rings. The van der Waals surface area contributed by atoms with Crippen molar-refractivity contribution in [2.24, 2.45) is 5.92 Å². The lowest BCUT2D eigenvalue weighted by Crippen LogP contribution is -2.11. The zero-order chi connectivity index (χ0) is 13.0. The largest absolute Gasteiger partial charge is 0.312 e. The first kappa shape index (κ1) is 14.0. The molecule has 0 unspecified atom stereocenters. The van der Waals surface area contributed by atoms with Crippen molar-refractivity contribution < 1.29 is 0 Å². The fraction of sp³-hybridized carbons (Fsp3) is 0.800. The van der Waals surface area contributed by atoms with Gasteiger partial charge in [0.15, 0.2) is 0 Å². The van der Waals surface area contributed by atoms with Crippen LogP contribution in [0.25, 0.3) is 0 Å². The Morgan fingerprint density at radius 1 is 1.22 bits per heavy atom. The van der Waals surface area contributed by atoms with Gasteiger partial charge in [-0.15, -0.1) is 11.3 Å². The summed E-state index contributed by atoms with van der Waals surface area (Å²) < 4.78 is 0. The van der Waals surface area contributed by atoms with Crippen molar-refractivity contribution in [2.45, 2.75) is 65.3 Å². The molecule has 0 bridgehead atoms. The van der Waals surface area contributed by atoms with Crippen LogP contribution in [0, 0.1) is 5.92 Å². The van der Waals surface area contributed by atoms with E-state index in [0.29, 0.717) is 0 Å². The van der Waals surface area contributed by atoms with Crippen LogP contribution in [-0.4, -0.2) is 11.5 Å². The van der Waals surface area contributed by atoms with Gasteiger partial charge in [0.1, 0.15) is 0 Å². The molecule has 1 N–H and O–H groups in total. The van der Waals surface area contributed by atoms with E-state index in [1.165, 1.54) is 41.3 Å². The molecule has 0 aliphatic heterocycles. The van der Waals surface area contributed by atoms with Crippen molar-refractivity contribution in [1.29, 1.82) is 0 Å². The van der Waals surface area contributed by atoms with Gasteiger partial charge in [-0.25, -0.2) is 4.98 Å². The van der Waals surface area contributed by atoms with Crippen LogP contribution < -0.4 is 5.32 Å². The van der Waals surface area contributed by atoms with E-state index >= 15 is 0 Å². The number of hydrogen-bond acceptors (Lipinski definition) is 3. The molecule has 2 rings (SSSR count). The molecule has 18 heavy (non-hydrogen) atoms. The maximum Gasteiger partial charge on any atom is 0.0962 e. The average Bonchev–Trinajstić information content (AvgIpc) is 2.80. The van der Waals surface area contributed by atoms with Gasteiger partial charge in [-0.05, 0) is 31.7 Å². The molecule has 0 spiro atoms. The Labute approximate surface area is 115 Å². The molecule has 1 fully saturated rings. The summed E-state index contributed by atoms with van der Waals surface area (Å²) >= 11 is 1.96. The zero-order valence-corrected chi connectivity index (χ0v) is 12.8. The Kier molecular flexibility index (Phi) is 5.19. The number of nitrogens with one attached hydrogen (secondary N) is 1. The van der Waals surface area contributed by atoms with Crippen molar-refractivity contribution in [3.8, 4) is 0 Å². The molecule has 0 radical (unpaired) electrons. The third-order valence-corrected chi connectivity index (χ3v) is 5.29. The first-order valence-corrected chi connectivity index (χ1v) is 8.25. The summed E-state index contributed by atoms with van der Waals surface area (Å²) in [4.78, 5) is 6.37. The summed E-state index contributed by atoms with van der Waals surface area (Å²) in [6, 6.07) is 0. The lowest BCUT2D eigenvalue weighted by molar-refractivity contribution is 0.347. The van der Waals surface area contributed by atoms with Gasteiger partial charge in [0.05, 0.1) is 10.7 Å². The normalized spacial score (nSPS) is 24.4. The van der Waals surface area contributed by atoms with E-state index in [0.717, 1.165) is 31.3 Å². The summed E-state index contributed by atoms with van der Waals surface area (Å²) in [7, 11) is 0. The Hall–Kier alpha value is -0.410. The van der Waals surface area contributed by atoms with Gasteiger partial charge < -0.3 is 5.32 Å². The lowest BCUT2D eigenvalue weighted by atomic mass is 9.83. The molecule has 1 heterocycles. The minimum absolute atomic E-state index is 0.742. The van der Waals surface area contributed by atoms with Crippen LogP contribution in [0.2, 0.25) is 0 Å². The predicted octanol–water partition coefficient (Wildman–Crippen LogP) is 4.11. The fourth-order valence-corrected chi connectivity index (χ4v) is 4.03. The highest BCUT2D eigenvalue weighted by Crippen LogP contribution is 2.38. The summed E-state index contributed by atoms with van der Waals surface area (Å²) in [5.74, 6) is 1.67. The first-order valence-electron chi connectivity index (χ1n) is 7.43. The molecule has 0 saturated heterocycles. The Morgan fingerprint density at radius 2 is 1.94 bits per heavy atom. The monoisotopic (exact) mass is 266 g/mol. The van der Waals surface area contributed by atoms with E-state index in [4.69, 9.17) is 4.98 Å². The van der Waals surface area contributed by atoms with Crippen molar-refractivity contribution in [1.82, 2.24) is 10.3 Å². The highest BCUT2D eigenvalue weighted by molar-refractivity contribution is 7.11. The van der Waals surface area contributed by atoms with E-state index in [-0.39, 0.29) is 0 Å². The van der Waals surface area contributed by atoms with Crippen molar-refractivity contribution in [2.75, 3.05) is 6.54 Å². The van der Waals surface area contributed by atoms with Crippen LogP contribution in [0.1, 0.15) is 68.0 Å². The standard InChI is InChI=1S/C15H26N2S/c1-4-13-14(10-16-5-2)18-15(17-13)12-8-6-11(3)7-9-12/h11-12,16H,4-10H2,1-3H3. The van der Waals surface area contributed by atoms with Gasteiger partial charge >= 0.3 is 0 Å². The maximum atomic E-state index is 4.91. The summed E-state index contributed by atoms with van der Waals surface area (Å²) in [6.45, 7) is 8.80. The van der Waals surface area contributed by atoms with Gasteiger partial charge in [-0.1, -0.05) is 33.6 Å². The molecule has 3 heteroatoms. The summed E-state index contributed by atoms with van der Waals surface area (Å²) in [5.41, 5.74) is 1.33. The maximum absolute atomic E-state index is 4.91. The van der Waals surface area contributed by atoms with E-state index in [9.17, 15) is 0 Å². The van der Waals surface area contributed by atoms with E-state index in [2.05, 4.69) is 26.1 Å². The fourth-order valence-electron chi connectivity index (χ4n) is 2.74. The number of rotatable bonds is 5. The molecule has 2 nitrogen and oxygen atoms in total. The van der Waals surface area contributed by atoms with Gasteiger partial charge in [0.25, 0.3) is 0 Å². The molecule has 0 amide bonds. The number of aryl methyl sites for hydroxylation is 1. The van der Waals surface area contributed by atoms with Crippen LogP contribution in [0.15, 0.2) is 0 Å². The second-order valence-electron chi connectivity index (χ2n) is 5.51. The number of thiazole rings is 1. The minimum Gasteiger partial charge on any atom is -0.312 e. The quantitative estimate of drug-likeness (QED) is 0.867. The van der Waals surface area contributed by atoms with Crippen LogP contribution in [-0.2, 0) is 13.0 Å². The third kappa shape index (κ3) is 3.33. The van der Waals surface area contributed by atoms with E-state index < -0.39 is 0 Å². The number of hydrogen-bond donors (Lipinski definition) is 1. The molecule has 1 aromatic heterocycles. The summed E-state index contributed by atoms with van der Waals surface area (Å²) in [5, 5.41) is 4.84. The van der Waals surface area contributed by atoms with Crippen molar-refractivity contribution in [3.63, 3.8) is 0 Å². The smallest absolute Gasteiger partial charge is 0.0962 e. The topological polar surface area (TPSA) is 24.9 Å². The SMILES string of the molecule is CCNCc1sc(C2CCC(C)CC2)nc1CC. The predicted molar refractivity (Wildman–Crippen MR) is 79.2 cm³/mol. The number of nitrogens with zero attached hydrogens (tertiary/aromatic N) is 1. The van der Waals surface area contributed by atoms with E-state index in [1.807, 2.05) is 11.3 Å². The van der Waals surface area contributed by atoms with Crippen LogP contribution in [0.4, 0.5) is 0 Å². The molecular weight excluding hydrogens is 240 g/mol. The minimum atomic E-state index is 0.742. The average molecular weight is 266 g/mol. The molecular formula is C15H26N2S. The van der Waals surface area contributed by atoms with Crippen LogP contribution in [0.3, 0.4) is 0 Å². The first-order chi connectivity index (χ1) is 8.74. The van der Waals surface area contributed by atoms with Gasteiger partial charge in [0, 0.05) is 17.3 Å².